The molecule has 3 aromatic carbocycles. The monoisotopic (exact) mass is 308 g/mol. The normalized spacial score (nSPS) is 13.5. The van der Waals surface area contributed by atoms with Gasteiger partial charge in [0.2, 0.25) is 0 Å². The van der Waals surface area contributed by atoms with Crippen molar-refractivity contribution in [3.05, 3.63) is 101 Å². The van der Waals surface area contributed by atoms with Crippen molar-refractivity contribution in [2.45, 2.75) is 11.8 Å². The second-order valence-electron chi connectivity index (χ2n) is 5.41. The number of aromatic hydroxyl groups is 1. The number of hydrogen-bond donors (Lipinski definition) is 1. The summed E-state index contributed by atoms with van der Waals surface area (Å²) in [4.78, 5) is -0.916. The highest BCUT2D eigenvalue weighted by molar-refractivity contribution is 6.28. The molecule has 0 bridgehead atoms. The minimum Gasteiger partial charge on any atom is -0.508 e. The Labute approximate surface area is 135 Å². The molecular formula is C20H17ClO. The zero-order valence-electron chi connectivity index (χ0n) is 12.3. The summed E-state index contributed by atoms with van der Waals surface area (Å²) in [6, 6.07) is 25.2. The van der Waals surface area contributed by atoms with Crippen LogP contribution in [0.15, 0.2) is 78.9 Å². The summed E-state index contributed by atoms with van der Waals surface area (Å²) in [7, 11) is 0. The number of hydrogen-bond acceptors (Lipinski definition) is 1. The highest BCUT2D eigenvalue weighted by atomic mass is 35.5. The van der Waals surface area contributed by atoms with Gasteiger partial charge in [0.05, 0.1) is 0 Å². The average molecular weight is 309 g/mol. The molecule has 110 valence electrons. The Bertz CT molecular complexity index is 765. The summed E-state index contributed by atoms with van der Waals surface area (Å²) in [6.45, 7) is 2.04. The highest BCUT2D eigenvalue weighted by Gasteiger charge is 2.36. The SMILES string of the molecule is Cc1ccc(C(Cl)(c2ccccc2)c2ccccc2O)cc1. The first-order chi connectivity index (χ1) is 10.6. The van der Waals surface area contributed by atoms with Gasteiger partial charge in [-0.1, -0.05) is 78.4 Å². The van der Waals surface area contributed by atoms with E-state index in [2.05, 4.69) is 0 Å². The van der Waals surface area contributed by atoms with Crippen LogP contribution < -0.4 is 0 Å². The molecule has 3 aromatic rings. The van der Waals surface area contributed by atoms with Crippen LogP contribution in [0.25, 0.3) is 0 Å². The van der Waals surface area contributed by atoms with Gasteiger partial charge in [0.25, 0.3) is 0 Å². The zero-order chi connectivity index (χ0) is 15.6. The van der Waals surface area contributed by atoms with E-state index in [4.69, 9.17) is 11.6 Å². The molecule has 0 radical (unpaired) electrons. The van der Waals surface area contributed by atoms with Crippen molar-refractivity contribution in [1.82, 2.24) is 0 Å². The molecule has 0 saturated heterocycles. The predicted octanol–water partition coefficient (Wildman–Crippen LogP) is 5.23. The molecule has 2 heteroatoms. The van der Waals surface area contributed by atoms with Gasteiger partial charge in [-0.15, -0.1) is 11.6 Å². The van der Waals surface area contributed by atoms with E-state index in [9.17, 15) is 5.11 Å². The number of benzene rings is 3. The van der Waals surface area contributed by atoms with Gasteiger partial charge < -0.3 is 5.11 Å². The molecule has 1 nitrogen and oxygen atoms in total. The first-order valence-corrected chi connectivity index (χ1v) is 7.60. The predicted molar refractivity (Wildman–Crippen MR) is 91.5 cm³/mol. The number of phenolic OH excluding ortho intramolecular Hbond substituents is 1. The van der Waals surface area contributed by atoms with Gasteiger partial charge in [-0.2, -0.15) is 0 Å². The molecule has 0 spiro atoms. The Morgan fingerprint density at radius 3 is 1.91 bits per heavy atom. The maximum Gasteiger partial charge on any atom is 0.123 e. The van der Waals surface area contributed by atoms with Gasteiger partial charge in [-0.05, 0) is 24.1 Å². The molecule has 22 heavy (non-hydrogen) atoms. The van der Waals surface area contributed by atoms with E-state index in [1.165, 1.54) is 5.56 Å². The lowest BCUT2D eigenvalue weighted by molar-refractivity contribution is 0.465. The summed E-state index contributed by atoms with van der Waals surface area (Å²) in [6.07, 6.45) is 0. The van der Waals surface area contributed by atoms with Crippen molar-refractivity contribution in [2.75, 3.05) is 0 Å². The molecule has 1 atom stereocenters. The molecule has 0 aliphatic carbocycles. The fraction of sp³-hybridized carbons (Fsp3) is 0.100. The van der Waals surface area contributed by atoms with E-state index in [0.29, 0.717) is 5.56 Å². The number of aryl methyl sites for hydroxylation is 1. The molecule has 0 aromatic heterocycles. The van der Waals surface area contributed by atoms with Gasteiger partial charge in [0.1, 0.15) is 10.6 Å². The van der Waals surface area contributed by atoms with E-state index in [0.717, 1.165) is 11.1 Å². The van der Waals surface area contributed by atoms with Gasteiger partial charge >= 0.3 is 0 Å². The van der Waals surface area contributed by atoms with Crippen molar-refractivity contribution >= 4 is 11.6 Å². The Balaban J connectivity index is 2.27. The lowest BCUT2D eigenvalue weighted by atomic mass is 9.83. The molecule has 0 aliphatic heterocycles. The smallest absolute Gasteiger partial charge is 0.123 e. The second kappa shape index (κ2) is 5.86. The molecule has 3 rings (SSSR count). The van der Waals surface area contributed by atoms with Crippen molar-refractivity contribution in [3.63, 3.8) is 0 Å². The van der Waals surface area contributed by atoms with Crippen LogP contribution in [0, 0.1) is 6.92 Å². The van der Waals surface area contributed by atoms with Crippen LogP contribution in [0.5, 0.6) is 5.75 Å². The third-order valence-corrected chi connectivity index (χ3v) is 4.54. The van der Waals surface area contributed by atoms with Crippen LogP contribution in [-0.2, 0) is 4.87 Å². The minimum atomic E-state index is -0.916. The third-order valence-electron chi connectivity index (χ3n) is 3.90. The standard InChI is InChI=1S/C20H17ClO/c1-15-11-13-17(14-12-15)20(21,16-7-3-2-4-8-16)18-9-5-6-10-19(18)22/h2-14,22H,1H3. The first-order valence-electron chi connectivity index (χ1n) is 7.22. The zero-order valence-corrected chi connectivity index (χ0v) is 13.1. The van der Waals surface area contributed by atoms with Crippen molar-refractivity contribution in [3.8, 4) is 5.75 Å². The van der Waals surface area contributed by atoms with Crippen LogP contribution in [-0.4, -0.2) is 5.11 Å². The fourth-order valence-corrected chi connectivity index (χ4v) is 3.11. The van der Waals surface area contributed by atoms with Crippen molar-refractivity contribution < 1.29 is 5.11 Å². The van der Waals surface area contributed by atoms with Crippen LogP contribution in [0.2, 0.25) is 0 Å². The largest absolute Gasteiger partial charge is 0.508 e. The topological polar surface area (TPSA) is 20.2 Å². The average Bonchev–Trinajstić information content (AvgIpc) is 2.56. The Kier molecular flexibility index (Phi) is 3.91. The van der Waals surface area contributed by atoms with E-state index in [1.54, 1.807) is 12.1 Å². The summed E-state index contributed by atoms with van der Waals surface area (Å²) >= 11 is 7.11. The van der Waals surface area contributed by atoms with Crippen LogP contribution in [0.1, 0.15) is 22.3 Å². The summed E-state index contributed by atoms with van der Waals surface area (Å²) < 4.78 is 0. The van der Waals surface area contributed by atoms with Gasteiger partial charge in [0.15, 0.2) is 0 Å². The maximum absolute atomic E-state index is 10.3. The lowest BCUT2D eigenvalue weighted by Crippen LogP contribution is -2.22. The molecule has 1 N–H and O–H groups in total. The Hall–Kier alpha value is -2.25. The van der Waals surface area contributed by atoms with Gasteiger partial charge in [0, 0.05) is 5.56 Å². The lowest BCUT2D eigenvalue weighted by Gasteiger charge is -2.29. The van der Waals surface area contributed by atoms with Crippen LogP contribution in [0.4, 0.5) is 0 Å². The summed E-state index contributed by atoms with van der Waals surface area (Å²) in [5.74, 6) is 0.196. The molecule has 0 aliphatic rings. The molecule has 0 saturated carbocycles. The van der Waals surface area contributed by atoms with Gasteiger partial charge in [-0.25, -0.2) is 0 Å². The van der Waals surface area contributed by atoms with Crippen molar-refractivity contribution in [1.29, 1.82) is 0 Å². The molecular weight excluding hydrogens is 292 g/mol. The number of alkyl halides is 1. The van der Waals surface area contributed by atoms with E-state index >= 15 is 0 Å². The van der Waals surface area contributed by atoms with Crippen LogP contribution >= 0.6 is 11.6 Å². The highest BCUT2D eigenvalue weighted by Crippen LogP contribution is 2.46. The molecule has 0 amide bonds. The molecule has 0 fully saturated rings. The number of para-hydroxylation sites is 1. The van der Waals surface area contributed by atoms with Crippen LogP contribution in [0.3, 0.4) is 0 Å². The van der Waals surface area contributed by atoms with E-state index < -0.39 is 4.87 Å². The minimum absolute atomic E-state index is 0.196. The quantitative estimate of drug-likeness (QED) is 0.519. The molecule has 1 unspecified atom stereocenters. The Morgan fingerprint density at radius 1 is 0.727 bits per heavy atom. The Morgan fingerprint density at radius 2 is 1.27 bits per heavy atom. The summed E-state index contributed by atoms with van der Waals surface area (Å²) in [5, 5.41) is 10.3. The first kappa shape index (κ1) is 14.7. The maximum atomic E-state index is 10.3. The molecule has 0 heterocycles. The summed E-state index contributed by atoms with van der Waals surface area (Å²) in [5.41, 5.74) is 3.73. The number of phenols is 1. The number of rotatable bonds is 3. The van der Waals surface area contributed by atoms with Crippen molar-refractivity contribution in [2.24, 2.45) is 0 Å². The fourth-order valence-electron chi connectivity index (χ4n) is 2.69. The van der Waals surface area contributed by atoms with Gasteiger partial charge in [-0.3, -0.25) is 0 Å². The van der Waals surface area contributed by atoms with E-state index in [1.807, 2.05) is 73.7 Å². The third kappa shape index (κ3) is 2.49. The number of halogens is 1. The second-order valence-corrected chi connectivity index (χ2v) is 5.97. The van der Waals surface area contributed by atoms with E-state index in [-0.39, 0.29) is 5.75 Å².